The predicted molar refractivity (Wildman–Crippen MR) is 183 cm³/mol. The van der Waals surface area contributed by atoms with Gasteiger partial charge in [0.25, 0.3) is 0 Å². The summed E-state index contributed by atoms with van der Waals surface area (Å²) in [5.74, 6) is 0.277. The smallest absolute Gasteiger partial charge is 0.248 e. The molecule has 1 saturated carbocycles. The van der Waals surface area contributed by atoms with Crippen molar-refractivity contribution in [1.82, 2.24) is 19.7 Å². The van der Waals surface area contributed by atoms with Gasteiger partial charge in [-0.25, -0.2) is 8.78 Å². The van der Waals surface area contributed by atoms with Gasteiger partial charge in [-0.3, -0.25) is 4.90 Å². The van der Waals surface area contributed by atoms with Crippen molar-refractivity contribution in [2.24, 2.45) is 16.7 Å². The second-order valence-electron chi connectivity index (χ2n) is 17.5. The van der Waals surface area contributed by atoms with E-state index in [0.29, 0.717) is 48.7 Å². The molecule has 0 radical (unpaired) electrons. The first kappa shape index (κ1) is 35.4. The summed E-state index contributed by atoms with van der Waals surface area (Å²) in [5.41, 5.74) is 1.75. The summed E-state index contributed by atoms with van der Waals surface area (Å²) in [6.45, 7) is 17.3. The van der Waals surface area contributed by atoms with Gasteiger partial charge >= 0.3 is 0 Å². The number of fused-ring (bicyclic) bond motifs is 2. The lowest BCUT2D eigenvalue weighted by atomic mass is 9.78. The standard InChI is InChI=1S/C39H62F2N4O/c1-27(2)36-43-42-35(26-38(6,7)21-20-37(3,4)5)45(36)33-24-31-13-14-32(25-33)44(31)22-17-30(28-11-9-8-10-12-28)23-34(46)29-15-18-39(40,41)19-16-29/h8-12,27,29-34,46H,13-26H2,1-7H3. The van der Waals surface area contributed by atoms with E-state index in [0.717, 1.165) is 38.1 Å². The van der Waals surface area contributed by atoms with Crippen LogP contribution in [0.1, 0.15) is 161 Å². The van der Waals surface area contributed by atoms with E-state index in [1.165, 1.54) is 37.1 Å². The zero-order valence-corrected chi connectivity index (χ0v) is 29.8. The quantitative estimate of drug-likeness (QED) is 0.237. The number of aliphatic hydroxyl groups excluding tert-OH is 1. The molecule has 5 nitrogen and oxygen atoms in total. The fraction of sp³-hybridized carbons (Fsp3) is 0.795. The molecule has 4 atom stereocenters. The number of rotatable bonds is 13. The summed E-state index contributed by atoms with van der Waals surface area (Å²) in [7, 11) is 0. The second kappa shape index (κ2) is 14.3. The minimum Gasteiger partial charge on any atom is -0.393 e. The van der Waals surface area contributed by atoms with Crippen LogP contribution in [0.4, 0.5) is 8.78 Å². The lowest BCUT2D eigenvalue weighted by Crippen LogP contribution is -2.44. The van der Waals surface area contributed by atoms with Crippen LogP contribution in [-0.4, -0.2) is 55.4 Å². The molecule has 7 heteroatoms. The van der Waals surface area contributed by atoms with Gasteiger partial charge in [0.05, 0.1) is 6.10 Å². The summed E-state index contributed by atoms with van der Waals surface area (Å²) in [6, 6.07) is 12.1. The molecule has 0 spiro atoms. The molecule has 1 aromatic heterocycles. The molecule has 3 heterocycles. The van der Waals surface area contributed by atoms with E-state index >= 15 is 0 Å². The van der Waals surface area contributed by atoms with Crippen molar-refractivity contribution in [3.05, 3.63) is 47.5 Å². The Bertz CT molecular complexity index is 1230. The molecular weight excluding hydrogens is 578 g/mol. The number of piperidine rings is 1. The van der Waals surface area contributed by atoms with Crippen molar-refractivity contribution in [2.75, 3.05) is 6.54 Å². The van der Waals surface area contributed by atoms with Crippen molar-refractivity contribution in [3.63, 3.8) is 0 Å². The Morgan fingerprint density at radius 2 is 1.52 bits per heavy atom. The maximum absolute atomic E-state index is 13.8. The molecule has 3 aliphatic rings. The Morgan fingerprint density at radius 1 is 0.891 bits per heavy atom. The summed E-state index contributed by atoms with van der Waals surface area (Å²) >= 11 is 0. The zero-order valence-electron chi connectivity index (χ0n) is 29.8. The molecule has 2 aliphatic heterocycles. The number of aliphatic hydroxyl groups is 1. The van der Waals surface area contributed by atoms with Crippen LogP contribution in [0, 0.1) is 16.7 Å². The highest BCUT2D eigenvalue weighted by molar-refractivity contribution is 5.20. The van der Waals surface area contributed by atoms with E-state index in [2.05, 4.69) is 82.2 Å². The molecule has 258 valence electrons. The normalized spacial score (nSPS) is 25.7. The van der Waals surface area contributed by atoms with Crippen molar-refractivity contribution < 1.29 is 13.9 Å². The highest BCUT2D eigenvalue weighted by atomic mass is 19.3. The van der Waals surface area contributed by atoms with E-state index in [1.54, 1.807) is 0 Å². The fourth-order valence-electron chi connectivity index (χ4n) is 8.68. The Morgan fingerprint density at radius 3 is 2.11 bits per heavy atom. The average Bonchev–Trinajstić information content (AvgIpc) is 3.50. The third kappa shape index (κ3) is 8.98. The Balaban J connectivity index is 1.26. The third-order valence-corrected chi connectivity index (χ3v) is 11.6. The Kier molecular flexibility index (Phi) is 11.0. The largest absolute Gasteiger partial charge is 0.393 e. The van der Waals surface area contributed by atoms with E-state index in [9.17, 15) is 13.9 Å². The van der Waals surface area contributed by atoms with Crippen molar-refractivity contribution in [2.45, 2.75) is 174 Å². The second-order valence-corrected chi connectivity index (χ2v) is 17.5. The average molecular weight is 641 g/mol. The molecule has 2 bridgehead atoms. The van der Waals surface area contributed by atoms with E-state index < -0.39 is 12.0 Å². The van der Waals surface area contributed by atoms with Crippen LogP contribution in [0.15, 0.2) is 30.3 Å². The molecule has 1 N–H and O–H groups in total. The van der Waals surface area contributed by atoms with Gasteiger partial charge < -0.3 is 9.67 Å². The van der Waals surface area contributed by atoms with Crippen LogP contribution in [0.25, 0.3) is 0 Å². The molecule has 5 rings (SSSR count). The van der Waals surface area contributed by atoms with Gasteiger partial charge in [-0.1, -0.05) is 78.8 Å². The number of alkyl halides is 2. The number of aromatic nitrogens is 3. The lowest BCUT2D eigenvalue weighted by molar-refractivity contribution is -0.0638. The zero-order chi connectivity index (χ0) is 33.3. The van der Waals surface area contributed by atoms with Gasteiger partial charge in [0, 0.05) is 43.3 Å². The monoisotopic (exact) mass is 640 g/mol. The summed E-state index contributed by atoms with van der Waals surface area (Å²) < 4.78 is 30.2. The maximum Gasteiger partial charge on any atom is 0.248 e. The Hall–Kier alpha value is -1.86. The van der Waals surface area contributed by atoms with Crippen molar-refractivity contribution in [3.8, 4) is 0 Å². The number of halogens is 2. The molecule has 1 aliphatic carbocycles. The molecular formula is C39H62F2N4O. The highest BCUT2D eigenvalue weighted by Gasteiger charge is 2.43. The summed E-state index contributed by atoms with van der Waals surface area (Å²) in [5, 5.41) is 20.9. The van der Waals surface area contributed by atoms with Crippen molar-refractivity contribution >= 4 is 0 Å². The maximum atomic E-state index is 13.8. The number of nitrogens with zero attached hydrogens (tertiary/aromatic N) is 4. The van der Waals surface area contributed by atoms with Gasteiger partial charge in [0.1, 0.15) is 11.6 Å². The molecule has 0 amide bonds. The molecule has 3 fully saturated rings. The Labute approximate surface area is 277 Å². The van der Waals surface area contributed by atoms with Gasteiger partial charge in [-0.05, 0) is 99.0 Å². The molecule has 4 unspecified atom stereocenters. The SMILES string of the molecule is CC(C)c1nnc(CC(C)(C)CCC(C)(C)C)n1C1CC2CCC(C1)N2CCC(CC(O)C1CCC(F)(F)CC1)c1ccccc1. The molecule has 1 aromatic carbocycles. The van der Waals surface area contributed by atoms with Gasteiger partial charge in [0.15, 0.2) is 0 Å². The van der Waals surface area contributed by atoms with Crippen LogP contribution >= 0.6 is 0 Å². The first-order valence-corrected chi connectivity index (χ1v) is 18.4. The van der Waals surface area contributed by atoms with E-state index in [-0.39, 0.29) is 30.1 Å². The highest BCUT2D eigenvalue weighted by Crippen LogP contribution is 2.44. The molecule has 2 aromatic rings. The van der Waals surface area contributed by atoms with Gasteiger partial charge in [-0.15, -0.1) is 10.2 Å². The van der Waals surface area contributed by atoms with Gasteiger partial charge in [0.2, 0.25) is 5.92 Å². The van der Waals surface area contributed by atoms with E-state index in [1.807, 2.05) is 6.07 Å². The van der Waals surface area contributed by atoms with Crippen LogP contribution < -0.4 is 0 Å². The first-order valence-electron chi connectivity index (χ1n) is 18.4. The molecule has 2 saturated heterocycles. The fourth-order valence-corrected chi connectivity index (χ4v) is 8.68. The minimum absolute atomic E-state index is 0.0238. The van der Waals surface area contributed by atoms with Crippen LogP contribution in [0.5, 0.6) is 0 Å². The number of benzene rings is 1. The van der Waals surface area contributed by atoms with Crippen LogP contribution in [0.2, 0.25) is 0 Å². The minimum atomic E-state index is -2.56. The number of hydrogen-bond acceptors (Lipinski definition) is 4. The van der Waals surface area contributed by atoms with E-state index in [4.69, 9.17) is 10.2 Å². The van der Waals surface area contributed by atoms with Crippen LogP contribution in [-0.2, 0) is 6.42 Å². The predicted octanol–water partition coefficient (Wildman–Crippen LogP) is 9.71. The summed E-state index contributed by atoms with van der Waals surface area (Å²) in [6.07, 6.45) is 9.84. The lowest BCUT2D eigenvalue weighted by Gasteiger charge is -2.41. The third-order valence-electron chi connectivity index (χ3n) is 11.6. The van der Waals surface area contributed by atoms with Crippen LogP contribution in [0.3, 0.4) is 0 Å². The van der Waals surface area contributed by atoms with Gasteiger partial charge in [-0.2, -0.15) is 0 Å². The summed E-state index contributed by atoms with van der Waals surface area (Å²) in [4.78, 5) is 2.77. The first-order chi connectivity index (χ1) is 21.6. The topological polar surface area (TPSA) is 54.2 Å². The molecule has 46 heavy (non-hydrogen) atoms. The van der Waals surface area contributed by atoms with Crippen molar-refractivity contribution in [1.29, 1.82) is 0 Å². The number of hydrogen-bond donors (Lipinski definition) is 1.